The van der Waals surface area contributed by atoms with Crippen LogP contribution in [0.4, 0.5) is 4.39 Å². The summed E-state index contributed by atoms with van der Waals surface area (Å²) in [5.74, 6) is -1.03. The van der Waals surface area contributed by atoms with Crippen LogP contribution in [0, 0.1) is 11.7 Å². The Labute approximate surface area is 92.9 Å². The molecular formula is C12H13FO3. The normalized spacial score (nSPS) is 15.1. The highest BCUT2D eigenvalue weighted by Gasteiger charge is 2.21. The number of benzene rings is 1. The molecule has 1 saturated carbocycles. The number of hydrogen-bond acceptors (Lipinski definition) is 2. The summed E-state index contributed by atoms with van der Waals surface area (Å²) in [5.41, 5.74) is 0.505. The van der Waals surface area contributed by atoms with Gasteiger partial charge in [0.2, 0.25) is 0 Å². The van der Waals surface area contributed by atoms with Crippen molar-refractivity contribution in [2.24, 2.45) is 5.92 Å². The molecule has 1 fully saturated rings. The zero-order chi connectivity index (χ0) is 11.5. The number of aromatic carboxylic acids is 1. The fourth-order valence-corrected chi connectivity index (χ4v) is 1.49. The van der Waals surface area contributed by atoms with Crippen LogP contribution in [0.2, 0.25) is 0 Å². The van der Waals surface area contributed by atoms with E-state index in [1.165, 1.54) is 25.0 Å². The Morgan fingerprint density at radius 1 is 1.50 bits per heavy atom. The Morgan fingerprint density at radius 2 is 2.25 bits per heavy atom. The van der Waals surface area contributed by atoms with Gasteiger partial charge in [-0.3, -0.25) is 0 Å². The Hall–Kier alpha value is -1.42. The average Bonchev–Trinajstić information content (AvgIpc) is 3.04. The van der Waals surface area contributed by atoms with Crippen molar-refractivity contribution in [2.75, 3.05) is 6.61 Å². The van der Waals surface area contributed by atoms with E-state index in [0.717, 1.165) is 6.07 Å². The van der Waals surface area contributed by atoms with Crippen molar-refractivity contribution >= 4 is 5.97 Å². The molecule has 0 bridgehead atoms. The van der Waals surface area contributed by atoms with Crippen LogP contribution in [0.3, 0.4) is 0 Å². The minimum Gasteiger partial charge on any atom is -0.478 e. The lowest BCUT2D eigenvalue weighted by molar-refractivity contribution is 0.0685. The van der Waals surface area contributed by atoms with Crippen LogP contribution in [0.5, 0.6) is 0 Å². The topological polar surface area (TPSA) is 46.5 Å². The lowest BCUT2D eigenvalue weighted by Gasteiger charge is -2.07. The van der Waals surface area contributed by atoms with Crippen molar-refractivity contribution in [3.8, 4) is 0 Å². The van der Waals surface area contributed by atoms with Crippen LogP contribution < -0.4 is 0 Å². The first-order valence-corrected chi connectivity index (χ1v) is 5.26. The van der Waals surface area contributed by atoms with Crippen LogP contribution in [0.15, 0.2) is 18.2 Å². The molecule has 4 heteroatoms. The summed E-state index contributed by atoms with van der Waals surface area (Å²) in [4.78, 5) is 10.9. The van der Waals surface area contributed by atoms with Gasteiger partial charge in [-0.2, -0.15) is 0 Å². The molecule has 0 atom stereocenters. The molecule has 0 aliphatic heterocycles. The fraction of sp³-hybridized carbons (Fsp3) is 0.417. The molecule has 0 radical (unpaired) electrons. The molecule has 0 amide bonds. The molecule has 1 aromatic rings. The van der Waals surface area contributed by atoms with Gasteiger partial charge in [0.15, 0.2) is 0 Å². The number of hydrogen-bond donors (Lipinski definition) is 1. The van der Waals surface area contributed by atoms with Crippen molar-refractivity contribution in [1.82, 2.24) is 0 Å². The molecule has 0 unspecified atom stereocenters. The maximum Gasteiger partial charge on any atom is 0.336 e. The maximum absolute atomic E-state index is 12.9. The van der Waals surface area contributed by atoms with Gasteiger partial charge in [0.1, 0.15) is 5.82 Å². The summed E-state index contributed by atoms with van der Waals surface area (Å²) in [5, 5.41) is 8.89. The number of rotatable bonds is 5. The minimum atomic E-state index is -1.12. The van der Waals surface area contributed by atoms with Gasteiger partial charge in [-0.25, -0.2) is 9.18 Å². The third-order valence-electron chi connectivity index (χ3n) is 2.61. The van der Waals surface area contributed by atoms with E-state index in [4.69, 9.17) is 9.84 Å². The van der Waals surface area contributed by atoms with Crippen LogP contribution >= 0.6 is 0 Å². The molecule has 0 spiro atoms. The van der Waals surface area contributed by atoms with E-state index in [1.807, 2.05) is 0 Å². The second-order valence-corrected chi connectivity index (χ2v) is 4.07. The van der Waals surface area contributed by atoms with Crippen molar-refractivity contribution in [3.05, 3.63) is 35.1 Å². The van der Waals surface area contributed by atoms with E-state index in [0.29, 0.717) is 18.1 Å². The number of halogens is 1. The first-order valence-electron chi connectivity index (χ1n) is 5.26. The van der Waals surface area contributed by atoms with Gasteiger partial charge in [-0.05, 0) is 36.5 Å². The van der Waals surface area contributed by atoms with Gasteiger partial charge in [-0.1, -0.05) is 6.07 Å². The molecule has 1 N–H and O–H groups in total. The predicted octanol–water partition coefficient (Wildman–Crippen LogP) is 2.45. The van der Waals surface area contributed by atoms with E-state index in [1.54, 1.807) is 0 Å². The van der Waals surface area contributed by atoms with Gasteiger partial charge in [0.25, 0.3) is 0 Å². The molecule has 1 aromatic carbocycles. The number of carboxylic acids is 1. The second kappa shape index (κ2) is 4.61. The Morgan fingerprint density at radius 3 is 2.88 bits per heavy atom. The van der Waals surface area contributed by atoms with E-state index >= 15 is 0 Å². The summed E-state index contributed by atoms with van der Waals surface area (Å²) < 4.78 is 18.3. The Kier molecular flexibility index (Phi) is 3.19. The van der Waals surface area contributed by atoms with Crippen molar-refractivity contribution in [1.29, 1.82) is 0 Å². The molecule has 3 nitrogen and oxygen atoms in total. The van der Waals surface area contributed by atoms with E-state index in [-0.39, 0.29) is 12.2 Å². The van der Waals surface area contributed by atoms with Crippen molar-refractivity contribution < 1.29 is 19.0 Å². The highest BCUT2D eigenvalue weighted by molar-refractivity contribution is 5.89. The molecule has 16 heavy (non-hydrogen) atoms. The van der Waals surface area contributed by atoms with Gasteiger partial charge >= 0.3 is 5.97 Å². The average molecular weight is 224 g/mol. The van der Waals surface area contributed by atoms with E-state index < -0.39 is 11.8 Å². The third kappa shape index (κ3) is 2.79. The standard InChI is InChI=1S/C12H13FO3/c13-10-4-3-9(11(5-10)12(14)15)7-16-6-8-1-2-8/h3-5,8H,1-2,6-7H2,(H,14,15). The van der Waals surface area contributed by atoms with Gasteiger partial charge in [0.05, 0.1) is 12.2 Å². The van der Waals surface area contributed by atoms with E-state index in [2.05, 4.69) is 0 Å². The van der Waals surface area contributed by atoms with Crippen LogP contribution in [-0.4, -0.2) is 17.7 Å². The first-order chi connectivity index (χ1) is 7.66. The highest BCUT2D eigenvalue weighted by atomic mass is 19.1. The molecule has 1 aliphatic rings. The quantitative estimate of drug-likeness (QED) is 0.835. The molecule has 0 saturated heterocycles. The Bertz CT molecular complexity index is 399. The number of carbonyl (C=O) groups is 1. The lowest BCUT2D eigenvalue weighted by Crippen LogP contribution is -2.06. The molecule has 0 heterocycles. The van der Waals surface area contributed by atoms with Gasteiger partial charge < -0.3 is 9.84 Å². The smallest absolute Gasteiger partial charge is 0.336 e. The molecular weight excluding hydrogens is 211 g/mol. The van der Waals surface area contributed by atoms with E-state index in [9.17, 15) is 9.18 Å². The summed E-state index contributed by atoms with van der Waals surface area (Å²) in [6, 6.07) is 3.74. The predicted molar refractivity (Wildman–Crippen MR) is 55.7 cm³/mol. The zero-order valence-corrected chi connectivity index (χ0v) is 8.78. The molecule has 0 aromatic heterocycles. The Balaban J connectivity index is 2.02. The lowest BCUT2D eigenvalue weighted by atomic mass is 10.1. The maximum atomic E-state index is 12.9. The number of ether oxygens (including phenoxy) is 1. The zero-order valence-electron chi connectivity index (χ0n) is 8.78. The van der Waals surface area contributed by atoms with Crippen LogP contribution in [-0.2, 0) is 11.3 Å². The summed E-state index contributed by atoms with van der Waals surface area (Å²) in [6.07, 6.45) is 2.38. The highest BCUT2D eigenvalue weighted by Crippen LogP contribution is 2.29. The van der Waals surface area contributed by atoms with Crippen molar-refractivity contribution in [3.63, 3.8) is 0 Å². The van der Waals surface area contributed by atoms with Crippen molar-refractivity contribution in [2.45, 2.75) is 19.4 Å². The third-order valence-corrected chi connectivity index (χ3v) is 2.61. The molecule has 2 rings (SSSR count). The largest absolute Gasteiger partial charge is 0.478 e. The first kappa shape index (κ1) is 11.1. The molecule has 1 aliphatic carbocycles. The monoisotopic (exact) mass is 224 g/mol. The van der Waals surface area contributed by atoms with Crippen LogP contribution in [0.1, 0.15) is 28.8 Å². The van der Waals surface area contributed by atoms with Gasteiger partial charge in [0, 0.05) is 6.61 Å². The van der Waals surface area contributed by atoms with Crippen LogP contribution in [0.25, 0.3) is 0 Å². The van der Waals surface area contributed by atoms with Gasteiger partial charge in [-0.15, -0.1) is 0 Å². The minimum absolute atomic E-state index is 0.0178. The SMILES string of the molecule is O=C(O)c1cc(F)ccc1COCC1CC1. The molecule has 86 valence electrons. The number of carboxylic acid groups (broad SMARTS) is 1. The summed E-state index contributed by atoms with van der Waals surface area (Å²) in [7, 11) is 0. The second-order valence-electron chi connectivity index (χ2n) is 4.07. The fourth-order valence-electron chi connectivity index (χ4n) is 1.49. The summed E-state index contributed by atoms with van der Waals surface area (Å²) in [6.45, 7) is 0.898. The summed E-state index contributed by atoms with van der Waals surface area (Å²) >= 11 is 0.